The van der Waals surface area contributed by atoms with Crippen molar-refractivity contribution in [3.8, 4) is 0 Å². The number of guanidine groups is 1. The van der Waals surface area contributed by atoms with Crippen LogP contribution in [0.2, 0.25) is 0 Å². The molecular weight excluding hydrogens is 268 g/mol. The van der Waals surface area contributed by atoms with Gasteiger partial charge in [0.1, 0.15) is 0 Å². The van der Waals surface area contributed by atoms with Crippen LogP contribution in [0.5, 0.6) is 0 Å². The van der Waals surface area contributed by atoms with Crippen molar-refractivity contribution >= 4 is 17.7 Å². The lowest BCUT2D eigenvalue weighted by Crippen LogP contribution is -2.43. The van der Waals surface area contributed by atoms with Gasteiger partial charge in [-0.05, 0) is 64.4 Å². The number of rotatable bonds is 6. The molecule has 2 rings (SSSR count). The summed E-state index contributed by atoms with van der Waals surface area (Å²) < 4.78 is 0. The lowest BCUT2D eigenvalue weighted by atomic mass is 10.2. The van der Waals surface area contributed by atoms with Gasteiger partial charge in [0.2, 0.25) is 0 Å². The molecular formula is C15H30N4S. The molecule has 0 aromatic heterocycles. The topological polar surface area (TPSA) is 39.7 Å². The quantitative estimate of drug-likeness (QED) is 0.446. The monoisotopic (exact) mass is 298 g/mol. The minimum atomic E-state index is 0.609. The van der Waals surface area contributed by atoms with E-state index >= 15 is 0 Å². The molecule has 20 heavy (non-hydrogen) atoms. The minimum absolute atomic E-state index is 0.609. The fraction of sp³-hybridized carbons (Fsp3) is 0.933. The molecule has 0 bridgehead atoms. The van der Waals surface area contributed by atoms with E-state index in [1.54, 1.807) is 0 Å². The van der Waals surface area contributed by atoms with Crippen molar-refractivity contribution in [3.63, 3.8) is 0 Å². The summed E-state index contributed by atoms with van der Waals surface area (Å²) in [4.78, 5) is 6.91. The van der Waals surface area contributed by atoms with Crippen molar-refractivity contribution in [2.75, 3.05) is 39.5 Å². The maximum Gasteiger partial charge on any atom is 0.191 e. The fourth-order valence-corrected chi connectivity index (χ4v) is 3.99. The molecule has 2 unspecified atom stereocenters. The van der Waals surface area contributed by atoms with E-state index in [0.717, 1.165) is 17.8 Å². The fourth-order valence-electron chi connectivity index (χ4n) is 3.19. The first-order valence-electron chi connectivity index (χ1n) is 8.04. The van der Waals surface area contributed by atoms with Crippen LogP contribution in [-0.2, 0) is 0 Å². The largest absolute Gasteiger partial charge is 0.356 e. The van der Waals surface area contributed by atoms with E-state index < -0.39 is 0 Å². The van der Waals surface area contributed by atoms with Gasteiger partial charge in [-0.25, -0.2) is 0 Å². The molecule has 0 amide bonds. The molecule has 4 nitrogen and oxygen atoms in total. The lowest BCUT2D eigenvalue weighted by molar-refractivity contribution is 0.334. The molecule has 0 radical (unpaired) electrons. The van der Waals surface area contributed by atoms with E-state index in [9.17, 15) is 0 Å². The third kappa shape index (κ3) is 5.17. The normalized spacial score (nSPS) is 28.0. The van der Waals surface area contributed by atoms with Gasteiger partial charge in [-0.1, -0.05) is 0 Å². The van der Waals surface area contributed by atoms with E-state index in [1.165, 1.54) is 58.2 Å². The van der Waals surface area contributed by atoms with Crippen molar-refractivity contribution < 1.29 is 0 Å². The van der Waals surface area contributed by atoms with Crippen LogP contribution in [0.1, 0.15) is 38.5 Å². The van der Waals surface area contributed by atoms with E-state index in [-0.39, 0.29) is 0 Å². The van der Waals surface area contributed by atoms with Gasteiger partial charge < -0.3 is 15.5 Å². The summed E-state index contributed by atoms with van der Waals surface area (Å²) in [6.45, 7) is 4.84. The predicted octanol–water partition coefficient (Wildman–Crippen LogP) is 1.92. The molecule has 1 aliphatic heterocycles. The Morgan fingerprint density at radius 1 is 1.30 bits per heavy atom. The molecule has 2 aliphatic rings. The zero-order valence-corrected chi connectivity index (χ0v) is 13.8. The van der Waals surface area contributed by atoms with Gasteiger partial charge in [0, 0.05) is 24.9 Å². The molecule has 2 fully saturated rings. The molecule has 1 aliphatic carbocycles. The van der Waals surface area contributed by atoms with Crippen LogP contribution >= 0.6 is 11.8 Å². The Hall–Kier alpha value is -0.420. The Morgan fingerprint density at radius 2 is 2.10 bits per heavy atom. The minimum Gasteiger partial charge on any atom is -0.356 e. The van der Waals surface area contributed by atoms with Gasteiger partial charge in [-0.2, -0.15) is 11.8 Å². The average Bonchev–Trinajstić information content (AvgIpc) is 3.13. The predicted molar refractivity (Wildman–Crippen MR) is 89.7 cm³/mol. The molecule has 2 N–H and O–H groups in total. The highest BCUT2D eigenvalue weighted by Gasteiger charge is 2.24. The van der Waals surface area contributed by atoms with E-state index in [4.69, 9.17) is 0 Å². The highest BCUT2D eigenvalue weighted by Crippen LogP contribution is 2.27. The van der Waals surface area contributed by atoms with E-state index in [0.29, 0.717) is 6.04 Å². The number of hydrogen-bond donors (Lipinski definition) is 2. The van der Waals surface area contributed by atoms with Crippen LogP contribution in [0.3, 0.4) is 0 Å². The number of nitrogens with one attached hydrogen (secondary N) is 2. The van der Waals surface area contributed by atoms with Crippen molar-refractivity contribution in [3.05, 3.63) is 0 Å². The first-order valence-corrected chi connectivity index (χ1v) is 9.33. The van der Waals surface area contributed by atoms with Gasteiger partial charge in [0.15, 0.2) is 5.96 Å². The molecule has 0 spiro atoms. The zero-order valence-electron chi connectivity index (χ0n) is 13.0. The second-order valence-corrected chi connectivity index (χ2v) is 7.05. The van der Waals surface area contributed by atoms with Crippen molar-refractivity contribution in [1.82, 2.24) is 15.5 Å². The molecule has 0 aromatic carbocycles. The molecule has 116 valence electrons. The van der Waals surface area contributed by atoms with Crippen LogP contribution in [-0.4, -0.2) is 61.6 Å². The molecule has 1 saturated heterocycles. The number of thioether (sulfide) groups is 1. The maximum absolute atomic E-state index is 4.35. The average molecular weight is 299 g/mol. The third-order valence-corrected chi connectivity index (χ3v) is 5.52. The van der Waals surface area contributed by atoms with Crippen LogP contribution in [0.25, 0.3) is 0 Å². The number of hydrogen-bond acceptors (Lipinski definition) is 3. The lowest BCUT2D eigenvalue weighted by Gasteiger charge is -2.18. The summed E-state index contributed by atoms with van der Waals surface area (Å²) in [5.74, 6) is 0.984. The summed E-state index contributed by atoms with van der Waals surface area (Å²) in [7, 11) is 1.87. The van der Waals surface area contributed by atoms with Gasteiger partial charge in [0.05, 0.1) is 0 Å². The van der Waals surface area contributed by atoms with E-state index in [2.05, 4.69) is 26.8 Å². The van der Waals surface area contributed by atoms with Gasteiger partial charge in [-0.15, -0.1) is 0 Å². The molecule has 1 heterocycles. The third-order valence-electron chi connectivity index (χ3n) is 4.42. The van der Waals surface area contributed by atoms with Crippen LogP contribution in [0.4, 0.5) is 0 Å². The molecule has 5 heteroatoms. The summed E-state index contributed by atoms with van der Waals surface area (Å²) in [6.07, 6.45) is 10.1. The first kappa shape index (κ1) is 16.0. The molecule has 0 aromatic rings. The maximum atomic E-state index is 4.35. The number of aliphatic imine (C=N–C) groups is 1. The summed E-state index contributed by atoms with van der Waals surface area (Å²) in [5, 5.41) is 7.86. The summed E-state index contributed by atoms with van der Waals surface area (Å²) >= 11 is 2.00. The first-order chi connectivity index (χ1) is 9.81. The van der Waals surface area contributed by atoms with Crippen molar-refractivity contribution in [1.29, 1.82) is 0 Å². The Bertz CT molecular complexity index is 302. The van der Waals surface area contributed by atoms with Gasteiger partial charge in [-0.3, -0.25) is 4.99 Å². The number of nitrogens with zero attached hydrogens (tertiary/aromatic N) is 2. The Balaban J connectivity index is 1.58. The molecule has 1 saturated carbocycles. The highest BCUT2D eigenvalue weighted by atomic mass is 32.2. The van der Waals surface area contributed by atoms with Gasteiger partial charge >= 0.3 is 0 Å². The van der Waals surface area contributed by atoms with Crippen LogP contribution < -0.4 is 10.6 Å². The zero-order chi connectivity index (χ0) is 14.2. The molecule has 2 atom stereocenters. The summed E-state index contributed by atoms with van der Waals surface area (Å²) in [5.41, 5.74) is 0. The SMILES string of the molecule is CN=C(NCCCN1CCCC1)NC1CCC(SC)C1. The second kappa shape index (κ2) is 8.78. The van der Waals surface area contributed by atoms with Crippen LogP contribution in [0.15, 0.2) is 4.99 Å². The van der Waals surface area contributed by atoms with Crippen molar-refractivity contribution in [2.24, 2.45) is 4.99 Å². The van der Waals surface area contributed by atoms with Crippen molar-refractivity contribution in [2.45, 2.75) is 49.8 Å². The van der Waals surface area contributed by atoms with Crippen LogP contribution in [0, 0.1) is 0 Å². The number of likely N-dealkylation sites (tertiary alicyclic amines) is 1. The van der Waals surface area contributed by atoms with Gasteiger partial charge in [0.25, 0.3) is 0 Å². The Labute approximate surface area is 128 Å². The smallest absolute Gasteiger partial charge is 0.191 e. The summed E-state index contributed by atoms with van der Waals surface area (Å²) in [6, 6.07) is 0.609. The van der Waals surface area contributed by atoms with E-state index in [1.807, 2.05) is 18.8 Å². The highest BCUT2D eigenvalue weighted by molar-refractivity contribution is 7.99. The second-order valence-electron chi connectivity index (χ2n) is 5.91. The Kier molecular flexibility index (Phi) is 7.00. The Morgan fingerprint density at radius 3 is 2.75 bits per heavy atom. The standard InChI is InChI=1S/C15H30N4S/c1-16-15(18-13-6-7-14(12-13)20-2)17-8-5-11-19-9-3-4-10-19/h13-14H,3-12H2,1-2H3,(H2,16,17,18).